The second-order valence-corrected chi connectivity index (χ2v) is 6.69. The molecule has 144 valence electrons. The van der Waals surface area contributed by atoms with E-state index in [1.165, 1.54) is 4.90 Å². The van der Waals surface area contributed by atoms with Gasteiger partial charge in [-0.15, -0.1) is 0 Å². The molecule has 1 aromatic rings. The molecule has 1 fully saturated rings. The van der Waals surface area contributed by atoms with Gasteiger partial charge in [0.1, 0.15) is 11.6 Å². The first kappa shape index (κ1) is 20.3. The third kappa shape index (κ3) is 5.24. The first-order valence-corrected chi connectivity index (χ1v) is 8.89. The minimum Gasteiger partial charge on any atom is -0.481 e. The van der Waals surface area contributed by atoms with E-state index in [9.17, 15) is 18.4 Å². The third-order valence-electron chi connectivity index (χ3n) is 4.61. The highest BCUT2D eigenvalue weighted by molar-refractivity contribution is 5.83. The van der Waals surface area contributed by atoms with Crippen LogP contribution in [0, 0.1) is 23.5 Å². The lowest BCUT2D eigenvalue weighted by Crippen LogP contribution is -2.39. The molecule has 7 heteroatoms. The lowest BCUT2D eigenvalue weighted by Gasteiger charge is -2.25. The van der Waals surface area contributed by atoms with Gasteiger partial charge in [-0.3, -0.25) is 9.59 Å². The summed E-state index contributed by atoms with van der Waals surface area (Å²) in [7, 11) is 0. The summed E-state index contributed by atoms with van der Waals surface area (Å²) in [6.45, 7) is 4.94. The van der Waals surface area contributed by atoms with Gasteiger partial charge in [0.05, 0.1) is 5.92 Å². The second-order valence-electron chi connectivity index (χ2n) is 6.69. The van der Waals surface area contributed by atoms with Crippen molar-refractivity contribution in [1.29, 1.82) is 0 Å². The van der Waals surface area contributed by atoms with E-state index in [0.29, 0.717) is 32.6 Å². The minimum absolute atomic E-state index is 0.0924. The van der Waals surface area contributed by atoms with E-state index in [-0.39, 0.29) is 23.9 Å². The summed E-state index contributed by atoms with van der Waals surface area (Å²) in [4.78, 5) is 25.4. The number of carbonyl (C=O) groups excluding carboxylic acids is 1. The van der Waals surface area contributed by atoms with Crippen molar-refractivity contribution in [2.24, 2.45) is 11.8 Å². The van der Waals surface area contributed by atoms with Crippen molar-refractivity contribution in [3.63, 3.8) is 0 Å². The van der Waals surface area contributed by atoms with Crippen molar-refractivity contribution in [1.82, 2.24) is 4.90 Å². The lowest BCUT2D eigenvalue weighted by atomic mass is 10.1. The van der Waals surface area contributed by atoms with Gasteiger partial charge in [0, 0.05) is 32.2 Å². The molecule has 0 aliphatic heterocycles. The molecule has 0 spiro atoms. The van der Waals surface area contributed by atoms with E-state index < -0.39 is 29.4 Å². The fraction of sp³-hybridized carbons (Fsp3) is 0.579. The number of benzene rings is 1. The Labute approximate surface area is 151 Å². The van der Waals surface area contributed by atoms with E-state index in [0.717, 1.165) is 18.2 Å². The minimum atomic E-state index is -0.976. The number of hydrogen-bond acceptors (Lipinski definition) is 3. The van der Waals surface area contributed by atoms with Gasteiger partial charge in [-0.25, -0.2) is 8.78 Å². The van der Waals surface area contributed by atoms with Crippen molar-refractivity contribution < 1.29 is 28.2 Å². The van der Waals surface area contributed by atoms with Crippen LogP contribution in [-0.2, 0) is 14.3 Å². The molecule has 5 nitrogen and oxygen atoms in total. The van der Waals surface area contributed by atoms with Crippen LogP contribution < -0.4 is 0 Å². The molecule has 0 heterocycles. The fourth-order valence-electron chi connectivity index (χ4n) is 3.05. The topological polar surface area (TPSA) is 66.8 Å². The summed E-state index contributed by atoms with van der Waals surface area (Å²) >= 11 is 0. The smallest absolute Gasteiger partial charge is 0.308 e. The molecule has 1 aliphatic carbocycles. The fourth-order valence-corrected chi connectivity index (χ4v) is 3.05. The highest BCUT2D eigenvalue weighted by atomic mass is 19.1. The highest BCUT2D eigenvalue weighted by Gasteiger charge is 2.47. The predicted octanol–water partition coefficient (Wildman–Crippen LogP) is 3.04. The number of amides is 1. The van der Waals surface area contributed by atoms with Gasteiger partial charge < -0.3 is 14.7 Å². The third-order valence-corrected chi connectivity index (χ3v) is 4.61. The Balaban J connectivity index is 2.03. The van der Waals surface area contributed by atoms with E-state index in [2.05, 4.69) is 0 Å². The van der Waals surface area contributed by atoms with E-state index in [1.807, 2.05) is 6.92 Å². The summed E-state index contributed by atoms with van der Waals surface area (Å²) in [5.41, 5.74) is 0.212. The number of carboxylic acids is 1. The van der Waals surface area contributed by atoms with Crippen LogP contribution in [0.1, 0.15) is 38.2 Å². The van der Waals surface area contributed by atoms with Crippen LogP contribution in [0.15, 0.2) is 18.2 Å². The Kier molecular flexibility index (Phi) is 7.08. The summed E-state index contributed by atoms with van der Waals surface area (Å²) < 4.78 is 32.6. The van der Waals surface area contributed by atoms with Crippen LogP contribution in [0.3, 0.4) is 0 Å². The maximum absolute atomic E-state index is 13.9. The standard InChI is InChI=1S/C19H25F2NO4/c1-3-26-8-4-7-22(11-12(2)19(24)25)18(23)16-10-14(16)15-9-13(20)5-6-17(15)21/h5-6,9,12,14,16H,3-4,7-8,10-11H2,1-2H3,(H,24,25). The average Bonchev–Trinajstić information content (AvgIpc) is 3.39. The summed E-state index contributed by atoms with van der Waals surface area (Å²) in [6, 6.07) is 3.25. The lowest BCUT2D eigenvalue weighted by molar-refractivity contribution is -0.143. The quantitative estimate of drug-likeness (QED) is 0.644. The molecule has 3 unspecified atom stereocenters. The van der Waals surface area contributed by atoms with Crippen LogP contribution >= 0.6 is 0 Å². The maximum Gasteiger partial charge on any atom is 0.308 e. The van der Waals surface area contributed by atoms with E-state index in [4.69, 9.17) is 9.84 Å². The van der Waals surface area contributed by atoms with Gasteiger partial charge in [-0.05, 0) is 49.4 Å². The molecule has 26 heavy (non-hydrogen) atoms. The van der Waals surface area contributed by atoms with Gasteiger partial charge >= 0.3 is 5.97 Å². The van der Waals surface area contributed by atoms with Crippen LogP contribution in [-0.4, -0.2) is 48.2 Å². The zero-order valence-corrected chi connectivity index (χ0v) is 15.1. The maximum atomic E-state index is 13.9. The number of halogens is 2. The number of carbonyl (C=O) groups is 2. The zero-order valence-electron chi connectivity index (χ0n) is 15.1. The molecule has 2 rings (SSSR count). The normalized spacial score (nSPS) is 19.8. The number of ether oxygens (including phenoxy) is 1. The summed E-state index contributed by atoms with van der Waals surface area (Å²) in [5, 5.41) is 9.12. The van der Waals surface area contributed by atoms with Gasteiger partial charge in [0.2, 0.25) is 5.91 Å². The molecular formula is C19H25F2NO4. The van der Waals surface area contributed by atoms with Crippen LogP contribution in [0.25, 0.3) is 0 Å². The van der Waals surface area contributed by atoms with Gasteiger partial charge in [0.15, 0.2) is 0 Å². The van der Waals surface area contributed by atoms with Crippen molar-refractivity contribution in [3.05, 3.63) is 35.4 Å². The molecule has 1 aliphatic rings. The first-order valence-electron chi connectivity index (χ1n) is 8.89. The number of carboxylic acid groups (broad SMARTS) is 1. The van der Waals surface area contributed by atoms with Crippen LogP contribution in [0.4, 0.5) is 8.78 Å². The number of nitrogens with zero attached hydrogens (tertiary/aromatic N) is 1. The molecule has 0 aromatic heterocycles. The Morgan fingerprint density at radius 3 is 2.77 bits per heavy atom. The van der Waals surface area contributed by atoms with E-state index in [1.54, 1.807) is 6.92 Å². The van der Waals surface area contributed by atoms with Gasteiger partial charge in [-0.1, -0.05) is 6.92 Å². The Bertz CT molecular complexity index is 652. The SMILES string of the molecule is CCOCCCN(CC(C)C(=O)O)C(=O)C1CC1c1cc(F)ccc1F. The Morgan fingerprint density at radius 2 is 2.12 bits per heavy atom. The highest BCUT2D eigenvalue weighted by Crippen LogP contribution is 2.49. The van der Waals surface area contributed by atoms with Gasteiger partial charge in [-0.2, -0.15) is 0 Å². The first-order chi connectivity index (χ1) is 12.3. The van der Waals surface area contributed by atoms with Crippen molar-refractivity contribution in [2.75, 3.05) is 26.3 Å². The molecular weight excluding hydrogens is 344 g/mol. The van der Waals surface area contributed by atoms with Crippen LogP contribution in [0.2, 0.25) is 0 Å². The van der Waals surface area contributed by atoms with Crippen molar-refractivity contribution >= 4 is 11.9 Å². The largest absolute Gasteiger partial charge is 0.481 e. The molecule has 1 saturated carbocycles. The monoisotopic (exact) mass is 369 g/mol. The Hall–Kier alpha value is -2.02. The molecule has 1 amide bonds. The summed E-state index contributed by atoms with van der Waals surface area (Å²) in [5.74, 6) is -3.72. The van der Waals surface area contributed by atoms with E-state index >= 15 is 0 Å². The average molecular weight is 369 g/mol. The van der Waals surface area contributed by atoms with Crippen molar-refractivity contribution in [2.45, 2.75) is 32.6 Å². The number of rotatable bonds is 10. The molecule has 0 radical (unpaired) electrons. The second kappa shape index (κ2) is 9.07. The molecule has 0 saturated heterocycles. The predicted molar refractivity (Wildman–Crippen MR) is 91.7 cm³/mol. The zero-order chi connectivity index (χ0) is 19.3. The summed E-state index contributed by atoms with van der Waals surface area (Å²) in [6.07, 6.45) is 1.04. The van der Waals surface area contributed by atoms with Gasteiger partial charge in [0.25, 0.3) is 0 Å². The molecule has 1 N–H and O–H groups in total. The molecule has 1 aromatic carbocycles. The molecule has 3 atom stereocenters. The van der Waals surface area contributed by atoms with Crippen molar-refractivity contribution in [3.8, 4) is 0 Å². The number of hydrogen-bond donors (Lipinski definition) is 1. The number of aliphatic carboxylic acids is 1. The molecule has 0 bridgehead atoms. The van der Waals surface area contributed by atoms with Crippen LogP contribution in [0.5, 0.6) is 0 Å². The Morgan fingerprint density at radius 1 is 1.38 bits per heavy atom.